The fourth-order valence-corrected chi connectivity index (χ4v) is 1.65. The Morgan fingerprint density at radius 2 is 1.79 bits per heavy atom. The predicted octanol–water partition coefficient (Wildman–Crippen LogP) is 3.95. The van der Waals surface area contributed by atoms with Gasteiger partial charge in [0.25, 0.3) is 0 Å². The van der Waals surface area contributed by atoms with Crippen LogP contribution >= 0.6 is 0 Å². The molecule has 0 N–H and O–H groups in total. The standard InChI is InChI=1S/C16H14NO2/c1-2-18-14-6-8-15(9-7-14)19-16-5-3-4-13(12-16)10-11-17/h3-10,12H,2H2,1H3. The molecule has 0 aliphatic heterocycles. The summed E-state index contributed by atoms with van der Waals surface area (Å²) in [5.41, 5.74) is 0.825. The van der Waals surface area contributed by atoms with Gasteiger partial charge in [-0.3, -0.25) is 0 Å². The van der Waals surface area contributed by atoms with E-state index in [9.17, 15) is 0 Å². The molecule has 0 bridgehead atoms. The van der Waals surface area contributed by atoms with E-state index in [0.717, 1.165) is 17.1 Å². The van der Waals surface area contributed by atoms with Gasteiger partial charge in [0.1, 0.15) is 17.2 Å². The van der Waals surface area contributed by atoms with Crippen molar-refractivity contribution >= 4 is 0 Å². The predicted molar refractivity (Wildman–Crippen MR) is 73.1 cm³/mol. The molecule has 0 aliphatic rings. The quantitative estimate of drug-likeness (QED) is 0.809. The molecule has 0 amide bonds. The number of hydrogen-bond donors (Lipinski definition) is 0. The van der Waals surface area contributed by atoms with Crippen LogP contribution in [0, 0.1) is 17.8 Å². The van der Waals surface area contributed by atoms with Crippen molar-refractivity contribution in [1.29, 1.82) is 5.26 Å². The largest absolute Gasteiger partial charge is 0.494 e. The number of hydrogen-bond acceptors (Lipinski definition) is 3. The molecule has 95 valence electrons. The van der Waals surface area contributed by atoms with Gasteiger partial charge in [-0.15, -0.1) is 0 Å². The van der Waals surface area contributed by atoms with Gasteiger partial charge >= 0.3 is 0 Å². The molecular formula is C16H14NO2. The zero-order chi connectivity index (χ0) is 13.5. The average molecular weight is 252 g/mol. The fourth-order valence-electron chi connectivity index (χ4n) is 1.65. The van der Waals surface area contributed by atoms with Crippen LogP contribution in [0.5, 0.6) is 17.2 Å². The average Bonchev–Trinajstić information content (AvgIpc) is 2.42. The first-order chi connectivity index (χ1) is 9.31. The van der Waals surface area contributed by atoms with E-state index in [1.165, 1.54) is 6.42 Å². The van der Waals surface area contributed by atoms with Crippen LogP contribution in [0.25, 0.3) is 0 Å². The second kappa shape index (κ2) is 6.46. The maximum atomic E-state index is 8.62. The van der Waals surface area contributed by atoms with Gasteiger partial charge in [0.05, 0.1) is 19.1 Å². The molecule has 2 aromatic carbocycles. The van der Waals surface area contributed by atoms with Crippen molar-refractivity contribution in [2.45, 2.75) is 6.92 Å². The lowest BCUT2D eigenvalue weighted by Crippen LogP contribution is -1.91. The van der Waals surface area contributed by atoms with E-state index < -0.39 is 0 Å². The van der Waals surface area contributed by atoms with E-state index in [0.29, 0.717) is 12.4 Å². The van der Waals surface area contributed by atoms with E-state index >= 15 is 0 Å². The molecule has 0 saturated heterocycles. The summed E-state index contributed by atoms with van der Waals surface area (Å²) in [6.45, 7) is 2.59. The van der Waals surface area contributed by atoms with Gasteiger partial charge in [0.2, 0.25) is 0 Å². The normalized spacial score (nSPS) is 9.68. The molecule has 0 aliphatic carbocycles. The topological polar surface area (TPSA) is 42.2 Å². The van der Waals surface area contributed by atoms with Crippen molar-refractivity contribution in [1.82, 2.24) is 0 Å². The third-order valence-electron chi connectivity index (χ3n) is 2.46. The molecule has 2 aromatic rings. The van der Waals surface area contributed by atoms with Gasteiger partial charge in [-0.1, -0.05) is 12.1 Å². The molecule has 3 heteroatoms. The van der Waals surface area contributed by atoms with E-state index in [1.807, 2.05) is 61.5 Å². The Kier molecular flexibility index (Phi) is 4.41. The Morgan fingerprint density at radius 3 is 2.47 bits per heavy atom. The lowest BCUT2D eigenvalue weighted by Gasteiger charge is -2.08. The van der Waals surface area contributed by atoms with Gasteiger partial charge in [-0.25, -0.2) is 0 Å². The highest BCUT2D eigenvalue weighted by molar-refractivity contribution is 5.39. The van der Waals surface area contributed by atoms with Crippen LogP contribution in [0.15, 0.2) is 48.5 Å². The van der Waals surface area contributed by atoms with Crippen LogP contribution in [-0.4, -0.2) is 6.61 Å². The Labute approximate surface area is 113 Å². The van der Waals surface area contributed by atoms with Gasteiger partial charge in [-0.2, -0.15) is 5.26 Å². The smallest absolute Gasteiger partial charge is 0.127 e. The molecule has 19 heavy (non-hydrogen) atoms. The van der Waals surface area contributed by atoms with Crippen LogP contribution in [0.1, 0.15) is 12.5 Å². The Bertz CT molecular complexity index is 570. The molecule has 1 radical (unpaired) electrons. The van der Waals surface area contributed by atoms with Crippen LogP contribution in [0.4, 0.5) is 0 Å². The third kappa shape index (κ3) is 3.75. The number of benzene rings is 2. The van der Waals surface area contributed by atoms with Crippen LogP contribution in [0.2, 0.25) is 0 Å². The zero-order valence-corrected chi connectivity index (χ0v) is 10.7. The summed E-state index contributed by atoms with van der Waals surface area (Å²) in [7, 11) is 0. The Balaban J connectivity index is 2.08. The van der Waals surface area contributed by atoms with Crippen LogP contribution in [0.3, 0.4) is 0 Å². The minimum atomic E-state index is 0.645. The summed E-state index contributed by atoms with van der Waals surface area (Å²) < 4.78 is 11.1. The molecule has 0 fully saturated rings. The lowest BCUT2D eigenvalue weighted by molar-refractivity contribution is 0.339. The number of rotatable bonds is 5. The summed E-state index contributed by atoms with van der Waals surface area (Å²) in [5, 5.41) is 8.62. The summed E-state index contributed by atoms with van der Waals surface area (Å²) in [6, 6.07) is 16.8. The molecule has 0 saturated carbocycles. The summed E-state index contributed by atoms with van der Waals surface area (Å²) >= 11 is 0. The Hall–Kier alpha value is -2.47. The SMILES string of the molecule is CCOc1ccc(Oc2cccc([CH]C#N)c2)cc1. The van der Waals surface area contributed by atoms with E-state index in [4.69, 9.17) is 14.7 Å². The van der Waals surface area contributed by atoms with Gasteiger partial charge < -0.3 is 9.47 Å². The van der Waals surface area contributed by atoms with E-state index in [-0.39, 0.29) is 0 Å². The number of nitrogens with zero attached hydrogens (tertiary/aromatic N) is 1. The molecule has 0 unspecified atom stereocenters. The second-order valence-electron chi connectivity index (χ2n) is 3.85. The number of ether oxygens (including phenoxy) is 2. The molecule has 3 nitrogen and oxygen atoms in total. The first-order valence-corrected chi connectivity index (χ1v) is 6.05. The lowest BCUT2D eigenvalue weighted by atomic mass is 10.1. The van der Waals surface area contributed by atoms with E-state index in [2.05, 4.69) is 0 Å². The van der Waals surface area contributed by atoms with Crippen molar-refractivity contribution in [3.8, 4) is 23.3 Å². The van der Waals surface area contributed by atoms with Crippen molar-refractivity contribution in [3.63, 3.8) is 0 Å². The molecular weight excluding hydrogens is 238 g/mol. The maximum Gasteiger partial charge on any atom is 0.127 e. The third-order valence-corrected chi connectivity index (χ3v) is 2.46. The van der Waals surface area contributed by atoms with Gasteiger partial charge in [0, 0.05) is 0 Å². The monoisotopic (exact) mass is 252 g/mol. The molecule has 0 heterocycles. The summed E-state index contributed by atoms with van der Waals surface area (Å²) in [5.74, 6) is 2.26. The van der Waals surface area contributed by atoms with E-state index in [1.54, 1.807) is 0 Å². The highest BCUT2D eigenvalue weighted by Crippen LogP contribution is 2.24. The zero-order valence-electron chi connectivity index (χ0n) is 10.7. The van der Waals surface area contributed by atoms with Crippen LogP contribution in [-0.2, 0) is 0 Å². The fraction of sp³-hybridized carbons (Fsp3) is 0.125. The highest BCUT2D eigenvalue weighted by Gasteiger charge is 2.00. The molecule has 0 aromatic heterocycles. The minimum Gasteiger partial charge on any atom is -0.494 e. The van der Waals surface area contributed by atoms with Crippen molar-refractivity contribution in [3.05, 3.63) is 60.5 Å². The molecule has 0 spiro atoms. The summed E-state index contributed by atoms with van der Waals surface area (Å²) in [6.07, 6.45) is 1.48. The van der Waals surface area contributed by atoms with Crippen molar-refractivity contribution < 1.29 is 9.47 Å². The Morgan fingerprint density at radius 1 is 1.05 bits per heavy atom. The first kappa shape index (κ1) is 13.0. The highest BCUT2D eigenvalue weighted by atomic mass is 16.5. The maximum absolute atomic E-state index is 8.62. The molecule has 0 atom stereocenters. The minimum absolute atomic E-state index is 0.645. The van der Waals surface area contributed by atoms with Crippen molar-refractivity contribution in [2.75, 3.05) is 6.61 Å². The van der Waals surface area contributed by atoms with Crippen molar-refractivity contribution in [2.24, 2.45) is 0 Å². The van der Waals surface area contributed by atoms with Crippen LogP contribution < -0.4 is 9.47 Å². The summed E-state index contributed by atoms with van der Waals surface area (Å²) in [4.78, 5) is 0. The first-order valence-electron chi connectivity index (χ1n) is 6.05. The molecule has 2 rings (SSSR count). The van der Waals surface area contributed by atoms with Gasteiger partial charge in [0.15, 0.2) is 0 Å². The van der Waals surface area contributed by atoms with Gasteiger partial charge in [-0.05, 0) is 48.9 Å². The number of nitriles is 1. The second-order valence-corrected chi connectivity index (χ2v) is 3.85.